The third-order valence-corrected chi connectivity index (χ3v) is 4.81. The molecule has 0 bridgehead atoms. The van der Waals surface area contributed by atoms with Crippen LogP contribution < -0.4 is 19.5 Å². The maximum Gasteiger partial charge on any atom is 0.492 e. The Balaban J connectivity index is 1.88. The first-order valence-corrected chi connectivity index (χ1v) is 9.22. The van der Waals surface area contributed by atoms with Gasteiger partial charge in [0.05, 0.1) is 0 Å². The lowest BCUT2D eigenvalue weighted by atomic mass is 10.0. The standard InChI is InChI=1S/C19H16Cl2F3NO4/c1-9(2)12-8-13(21)10(3)6-15(12)27-17(26)25-19(18(22,23)24)28-14-5-4-11(20)7-16(14)29-19/h4-9H,1-3H3,(H,25,26)/t19-/m0/s1. The molecule has 1 N–H and O–H groups in total. The number of halogens is 5. The molecule has 29 heavy (non-hydrogen) atoms. The summed E-state index contributed by atoms with van der Waals surface area (Å²) in [6.07, 6.45) is -6.53. The molecule has 0 fully saturated rings. The van der Waals surface area contributed by atoms with E-state index < -0.39 is 18.2 Å². The van der Waals surface area contributed by atoms with Crippen molar-refractivity contribution in [3.63, 3.8) is 0 Å². The summed E-state index contributed by atoms with van der Waals surface area (Å²) in [6.45, 7) is 5.33. The van der Waals surface area contributed by atoms with Crippen molar-refractivity contribution in [3.8, 4) is 17.2 Å². The number of rotatable bonds is 3. The fourth-order valence-corrected chi connectivity index (χ4v) is 3.02. The zero-order chi connectivity index (χ0) is 21.6. The van der Waals surface area contributed by atoms with Gasteiger partial charge in [-0.15, -0.1) is 0 Å². The summed E-state index contributed by atoms with van der Waals surface area (Å²) in [5.41, 5.74) is 1.15. The van der Waals surface area contributed by atoms with E-state index in [0.717, 1.165) is 6.07 Å². The molecular formula is C19H16Cl2F3NO4. The summed E-state index contributed by atoms with van der Waals surface area (Å²) < 4.78 is 56.2. The van der Waals surface area contributed by atoms with Crippen molar-refractivity contribution in [3.05, 3.63) is 51.5 Å². The smallest absolute Gasteiger partial charge is 0.424 e. The Morgan fingerprint density at radius 1 is 1.14 bits per heavy atom. The lowest BCUT2D eigenvalue weighted by molar-refractivity contribution is -0.318. The molecule has 10 heteroatoms. The van der Waals surface area contributed by atoms with Gasteiger partial charge in [0.2, 0.25) is 0 Å². The number of ether oxygens (including phenoxy) is 3. The minimum absolute atomic E-state index is 0.0790. The van der Waals surface area contributed by atoms with E-state index in [4.69, 9.17) is 37.4 Å². The highest BCUT2D eigenvalue weighted by Gasteiger charge is 2.66. The predicted octanol–water partition coefficient (Wildman–Crippen LogP) is 6.20. The maximum absolute atomic E-state index is 13.7. The number of carbonyl (C=O) groups is 1. The molecule has 0 saturated carbocycles. The lowest BCUT2D eigenvalue weighted by Gasteiger charge is -2.29. The highest BCUT2D eigenvalue weighted by Crippen LogP contribution is 2.46. The molecule has 0 spiro atoms. The van der Waals surface area contributed by atoms with Crippen LogP contribution in [0.3, 0.4) is 0 Å². The first-order chi connectivity index (χ1) is 13.4. The molecule has 0 aromatic heterocycles. The van der Waals surface area contributed by atoms with E-state index in [1.165, 1.54) is 18.2 Å². The Morgan fingerprint density at radius 2 is 1.79 bits per heavy atom. The first kappa shape index (κ1) is 21.4. The van der Waals surface area contributed by atoms with Gasteiger partial charge in [-0.3, -0.25) is 0 Å². The van der Waals surface area contributed by atoms with Crippen molar-refractivity contribution < 1.29 is 32.2 Å². The van der Waals surface area contributed by atoms with E-state index in [-0.39, 0.29) is 28.2 Å². The van der Waals surface area contributed by atoms with Crippen LogP contribution in [0.2, 0.25) is 10.0 Å². The summed E-state index contributed by atoms with van der Waals surface area (Å²) >= 11 is 11.9. The summed E-state index contributed by atoms with van der Waals surface area (Å²) in [4.78, 5) is 12.4. The van der Waals surface area contributed by atoms with Crippen molar-refractivity contribution in [2.24, 2.45) is 0 Å². The molecule has 1 heterocycles. The zero-order valence-electron chi connectivity index (χ0n) is 15.5. The number of benzene rings is 2. The SMILES string of the molecule is Cc1cc(OC(=O)N[C@@]2(C(F)(F)F)Oc3ccc(Cl)cc3O2)c(C(C)C)cc1Cl. The van der Waals surface area contributed by atoms with E-state index in [2.05, 4.69) is 0 Å². The van der Waals surface area contributed by atoms with Crippen molar-refractivity contribution in [1.29, 1.82) is 0 Å². The van der Waals surface area contributed by atoms with Crippen molar-refractivity contribution >= 4 is 29.3 Å². The van der Waals surface area contributed by atoms with Crippen LogP contribution in [0.25, 0.3) is 0 Å². The van der Waals surface area contributed by atoms with Crippen LogP contribution >= 0.6 is 23.2 Å². The van der Waals surface area contributed by atoms with Crippen LogP contribution in [-0.4, -0.2) is 18.2 Å². The van der Waals surface area contributed by atoms with E-state index >= 15 is 0 Å². The normalized spacial score (nSPS) is 18.1. The molecule has 0 unspecified atom stereocenters. The monoisotopic (exact) mass is 449 g/mol. The summed E-state index contributed by atoms with van der Waals surface area (Å²) in [7, 11) is 0. The highest BCUT2D eigenvalue weighted by molar-refractivity contribution is 6.31. The van der Waals surface area contributed by atoms with Gasteiger partial charge in [-0.25, -0.2) is 10.1 Å². The zero-order valence-corrected chi connectivity index (χ0v) is 17.0. The van der Waals surface area contributed by atoms with Gasteiger partial charge >= 0.3 is 18.2 Å². The number of carbonyl (C=O) groups excluding carboxylic acids is 1. The fraction of sp³-hybridized carbons (Fsp3) is 0.316. The molecule has 1 amide bonds. The van der Waals surface area contributed by atoms with Gasteiger partial charge in [0.1, 0.15) is 5.75 Å². The van der Waals surface area contributed by atoms with Crippen LogP contribution in [0.4, 0.5) is 18.0 Å². The van der Waals surface area contributed by atoms with Gasteiger partial charge in [0.15, 0.2) is 11.5 Å². The van der Waals surface area contributed by atoms with Crippen molar-refractivity contribution in [2.45, 2.75) is 38.8 Å². The molecule has 1 atom stereocenters. The average molecular weight is 450 g/mol. The number of fused-ring (bicyclic) bond motifs is 1. The van der Waals surface area contributed by atoms with Crippen LogP contribution in [-0.2, 0) is 0 Å². The Bertz CT molecular complexity index is 965. The molecular weight excluding hydrogens is 434 g/mol. The van der Waals surface area contributed by atoms with Gasteiger partial charge in [-0.05, 0) is 48.2 Å². The quantitative estimate of drug-likeness (QED) is 0.605. The highest BCUT2D eigenvalue weighted by atomic mass is 35.5. The molecule has 0 aliphatic carbocycles. The van der Waals surface area contributed by atoms with Crippen LogP contribution in [0.15, 0.2) is 30.3 Å². The van der Waals surface area contributed by atoms with Crippen LogP contribution in [0.5, 0.6) is 17.2 Å². The number of nitrogens with one attached hydrogen (secondary N) is 1. The van der Waals surface area contributed by atoms with Crippen LogP contribution in [0, 0.1) is 6.92 Å². The summed E-state index contributed by atoms with van der Waals surface area (Å²) in [6, 6.07) is 6.76. The summed E-state index contributed by atoms with van der Waals surface area (Å²) in [5, 5.41) is 2.23. The van der Waals surface area contributed by atoms with Gasteiger partial charge in [0.25, 0.3) is 0 Å². The molecule has 2 aromatic rings. The second kappa shape index (κ2) is 7.50. The topological polar surface area (TPSA) is 56.8 Å². The maximum atomic E-state index is 13.7. The number of hydrogen-bond donors (Lipinski definition) is 1. The predicted molar refractivity (Wildman–Crippen MR) is 101 cm³/mol. The Kier molecular flexibility index (Phi) is 5.53. The van der Waals surface area contributed by atoms with E-state index in [0.29, 0.717) is 16.1 Å². The molecule has 2 aromatic carbocycles. The van der Waals surface area contributed by atoms with E-state index in [9.17, 15) is 18.0 Å². The Hall–Kier alpha value is -2.32. The molecule has 156 valence electrons. The average Bonchev–Trinajstić information content (AvgIpc) is 2.95. The van der Waals surface area contributed by atoms with Crippen LogP contribution in [0.1, 0.15) is 30.9 Å². The second-order valence-corrected chi connectivity index (χ2v) is 7.56. The second-order valence-electron chi connectivity index (χ2n) is 6.72. The third kappa shape index (κ3) is 4.18. The largest absolute Gasteiger partial charge is 0.492 e. The molecule has 1 aliphatic heterocycles. The Labute approximate surface area is 174 Å². The van der Waals surface area contributed by atoms with Gasteiger partial charge in [-0.1, -0.05) is 37.0 Å². The molecule has 1 aliphatic rings. The molecule has 5 nitrogen and oxygen atoms in total. The summed E-state index contributed by atoms with van der Waals surface area (Å²) in [5.74, 6) is -3.96. The minimum atomic E-state index is -5.12. The van der Waals surface area contributed by atoms with Gasteiger partial charge in [-0.2, -0.15) is 13.2 Å². The van der Waals surface area contributed by atoms with Gasteiger partial charge in [0, 0.05) is 16.1 Å². The number of aryl methyl sites for hydroxylation is 1. The molecule has 3 rings (SSSR count). The number of amides is 1. The Morgan fingerprint density at radius 3 is 2.41 bits per heavy atom. The van der Waals surface area contributed by atoms with Crippen molar-refractivity contribution in [2.75, 3.05) is 0 Å². The molecule has 0 radical (unpaired) electrons. The van der Waals surface area contributed by atoms with Crippen molar-refractivity contribution in [1.82, 2.24) is 5.32 Å². The molecule has 0 saturated heterocycles. The lowest BCUT2D eigenvalue weighted by Crippen LogP contribution is -2.65. The third-order valence-electron chi connectivity index (χ3n) is 4.17. The van der Waals surface area contributed by atoms with E-state index in [1.807, 2.05) is 13.8 Å². The first-order valence-electron chi connectivity index (χ1n) is 8.46. The minimum Gasteiger partial charge on any atom is -0.424 e. The van der Waals surface area contributed by atoms with Gasteiger partial charge < -0.3 is 14.2 Å². The number of hydrogen-bond acceptors (Lipinski definition) is 4. The number of alkyl halides is 3. The fourth-order valence-electron chi connectivity index (χ4n) is 2.68. The van der Waals surface area contributed by atoms with E-state index in [1.54, 1.807) is 18.3 Å².